The second-order valence-electron chi connectivity index (χ2n) is 6.74. The predicted molar refractivity (Wildman–Crippen MR) is 86.1 cm³/mol. The summed E-state index contributed by atoms with van der Waals surface area (Å²) in [4.78, 5) is 0. The minimum Gasteiger partial charge on any atom is -0.325 e. The molecule has 2 rings (SSSR count). The number of nitrogens with two attached hydrogens (primary N) is 1. The van der Waals surface area contributed by atoms with Crippen LogP contribution in [0.1, 0.15) is 45.6 Å². The summed E-state index contributed by atoms with van der Waals surface area (Å²) in [6.07, 6.45) is 4.75. The van der Waals surface area contributed by atoms with E-state index in [2.05, 4.69) is 61.0 Å². The van der Waals surface area contributed by atoms with E-state index in [-0.39, 0.29) is 5.54 Å². The highest BCUT2D eigenvalue weighted by Crippen LogP contribution is 2.41. The number of halogens is 1. The highest BCUT2D eigenvalue weighted by Gasteiger charge is 2.41. The second-order valence-corrected chi connectivity index (χ2v) is 7.59. The van der Waals surface area contributed by atoms with Crippen LogP contribution in [0.25, 0.3) is 0 Å². The van der Waals surface area contributed by atoms with Crippen LogP contribution >= 0.6 is 15.9 Å². The van der Waals surface area contributed by atoms with Crippen LogP contribution in [0.5, 0.6) is 0 Å². The summed E-state index contributed by atoms with van der Waals surface area (Å²) in [5.41, 5.74) is 8.18. The molecular formula is C17H26BrN. The standard InChI is InChI=1S/C17H26BrN/c1-12(2)15-9-8-13(3)10-17(15,19)11-14-6-4-5-7-16(14)18/h4-7,12-13,15H,8-11,19H2,1-3H3. The predicted octanol–water partition coefficient (Wildman–Crippen LogP) is 4.78. The fourth-order valence-electron chi connectivity index (χ4n) is 3.85. The van der Waals surface area contributed by atoms with Gasteiger partial charge in [-0.1, -0.05) is 61.3 Å². The Balaban J connectivity index is 2.24. The van der Waals surface area contributed by atoms with Gasteiger partial charge in [-0.05, 0) is 48.6 Å². The van der Waals surface area contributed by atoms with Crippen molar-refractivity contribution in [2.45, 2.75) is 52.0 Å². The molecule has 0 heterocycles. The van der Waals surface area contributed by atoms with Gasteiger partial charge in [0.25, 0.3) is 0 Å². The van der Waals surface area contributed by atoms with Crippen LogP contribution in [0.4, 0.5) is 0 Å². The highest BCUT2D eigenvalue weighted by atomic mass is 79.9. The number of hydrogen-bond donors (Lipinski definition) is 1. The van der Waals surface area contributed by atoms with Gasteiger partial charge < -0.3 is 5.73 Å². The number of benzene rings is 1. The monoisotopic (exact) mass is 323 g/mol. The zero-order valence-electron chi connectivity index (χ0n) is 12.3. The maximum absolute atomic E-state index is 6.87. The first-order chi connectivity index (χ1) is 8.92. The summed E-state index contributed by atoms with van der Waals surface area (Å²) in [6, 6.07) is 8.50. The Bertz CT molecular complexity index is 429. The maximum Gasteiger partial charge on any atom is 0.0229 e. The molecule has 0 aromatic heterocycles. The van der Waals surface area contributed by atoms with E-state index in [9.17, 15) is 0 Å². The number of rotatable bonds is 3. The van der Waals surface area contributed by atoms with Crippen molar-refractivity contribution in [3.05, 3.63) is 34.3 Å². The fraction of sp³-hybridized carbons (Fsp3) is 0.647. The van der Waals surface area contributed by atoms with Crippen LogP contribution < -0.4 is 5.73 Å². The summed E-state index contributed by atoms with van der Waals surface area (Å²) in [6.45, 7) is 6.99. The van der Waals surface area contributed by atoms with Gasteiger partial charge in [-0.2, -0.15) is 0 Å². The Labute approximate surface area is 126 Å². The van der Waals surface area contributed by atoms with Crippen LogP contribution in [0.15, 0.2) is 28.7 Å². The van der Waals surface area contributed by atoms with Crippen molar-refractivity contribution >= 4 is 15.9 Å². The first-order valence-corrected chi connectivity index (χ1v) is 8.24. The van der Waals surface area contributed by atoms with Crippen LogP contribution in [-0.2, 0) is 6.42 Å². The van der Waals surface area contributed by atoms with Crippen LogP contribution in [0.3, 0.4) is 0 Å². The molecule has 1 fully saturated rings. The normalized spacial score (nSPS) is 31.7. The van der Waals surface area contributed by atoms with E-state index in [1.165, 1.54) is 22.9 Å². The molecule has 0 aliphatic heterocycles. The molecule has 1 saturated carbocycles. The average Bonchev–Trinajstić information content (AvgIpc) is 2.31. The summed E-state index contributed by atoms with van der Waals surface area (Å²) < 4.78 is 1.19. The van der Waals surface area contributed by atoms with Crippen molar-refractivity contribution in [1.82, 2.24) is 0 Å². The van der Waals surface area contributed by atoms with E-state index < -0.39 is 0 Å². The molecule has 3 atom stereocenters. The van der Waals surface area contributed by atoms with Crippen molar-refractivity contribution < 1.29 is 0 Å². The third-order valence-electron chi connectivity index (χ3n) is 4.72. The molecular weight excluding hydrogens is 298 g/mol. The Morgan fingerprint density at radius 2 is 2.00 bits per heavy atom. The van der Waals surface area contributed by atoms with Crippen molar-refractivity contribution in [2.75, 3.05) is 0 Å². The van der Waals surface area contributed by atoms with Crippen molar-refractivity contribution in [3.8, 4) is 0 Å². The van der Waals surface area contributed by atoms with Gasteiger partial charge in [0.1, 0.15) is 0 Å². The van der Waals surface area contributed by atoms with Gasteiger partial charge in [-0.3, -0.25) is 0 Å². The molecule has 1 aliphatic carbocycles. The Hall–Kier alpha value is -0.340. The molecule has 0 spiro atoms. The van der Waals surface area contributed by atoms with Gasteiger partial charge in [0.05, 0.1) is 0 Å². The van der Waals surface area contributed by atoms with Crippen LogP contribution in [0.2, 0.25) is 0 Å². The summed E-state index contributed by atoms with van der Waals surface area (Å²) in [5, 5.41) is 0. The SMILES string of the molecule is CC1CCC(C(C)C)C(N)(Cc2ccccc2Br)C1. The first kappa shape index (κ1) is 15.1. The molecule has 0 amide bonds. The van der Waals surface area contributed by atoms with E-state index in [1.807, 2.05) is 0 Å². The molecule has 2 heteroatoms. The van der Waals surface area contributed by atoms with Gasteiger partial charge in [0, 0.05) is 10.0 Å². The molecule has 0 saturated heterocycles. The van der Waals surface area contributed by atoms with E-state index in [1.54, 1.807) is 0 Å². The second kappa shape index (κ2) is 5.97. The lowest BCUT2D eigenvalue weighted by Gasteiger charge is -2.46. The summed E-state index contributed by atoms with van der Waals surface area (Å²) in [5.74, 6) is 2.05. The van der Waals surface area contributed by atoms with E-state index in [0.29, 0.717) is 11.8 Å². The molecule has 1 aromatic carbocycles. The average molecular weight is 324 g/mol. The van der Waals surface area contributed by atoms with Crippen molar-refractivity contribution in [1.29, 1.82) is 0 Å². The van der Waals surface area contributed by atoms with Gasteiger partial charge in [0.2, 0.25) is 0 Å². The molecule has 1 nitrogen and oxygen atoms in total. The maximum atomic E-state index is 6.87. The smallest absolute Gasteiger partial charge is 0.0229 e. The lowest BCUT2D eigenvalue weighted by molar-refractivity contribution is 0.109. The quantitative estimate of drug-likeness (QED) is 0.850. The minimum absolute atomic E-state index is 0.0459. The summed E-state index contributed by atoms with van der Waals surface area (Å²) >= 11 is 3.66. The molecule has 2 N–H and O–H groups in total. The number of hydrogen-bond acceptors (Lipinski definition) is 1. The molecule has 19 heavy (non-hydrogen) atoms. The third-order valence-corrected chi connectivity index (χ3v) is 5.49. The molecule has 0 radical (unpaired) electrons. The topological polar surface area (TPSA) is 26.0 Å². The van der Waals surface area contributed by atoms with Gasteiger partial charge >= 0.3 is 0 Å². The largest absolute Gasteiger partial charge is 0.325 e. The molecule has 106 valence electrons. The fourth-order valence-corrected chi connectivity index (χ4v) is 4.28. The molecule has 1 aliphatic rings. The van der Waals surface area contributed by atoms with Crippen LogP contribution in [0, 0.1) is 17.8 Å². The highest BCUT2D eigenvalue weighted by molar-refractivity contribution is 9.10. The van der Waals surface area contributed by atoms with E-state index in [0.717, 1.165) is 18.8 Å². The minimum atomic E-state index is -0.0459. The first-order valence-electron chi connectivity index (χ1n) is 7.44. The third kappa shape index (κ3) is 3.41. The molecule has 0 bridgehead atoms. The van der Waals surface area contributed by atoms with Crippen molar-refractivity contribution in [2.24, 2.45) is 23.5 Å². The molecule has 3 unspecified atom stereocenters. The lowest BCUT2D eigenvalue weighted by atomic mass is 9.63. The Kier molecular flexibility index (Phi) is 4.73. The Morgan fingerprint density at radius 3 is 2.63 bits per heavy atom. The summed E-state index contributed by atoms with van der Waals surface area (Å²) in [7, 11) is 0. The zero-order valence-corrected chi connectivity index (χ0v) is 13.9. The van der Waals surface area contributed by atoms with Gasteiger partial charge in [0.15, 0.2) is 0 Å². The zero-order chi connectivity index (χ0) is 14.0. The Morgan fingerprint density at radius 1 is 1.32 bits per heavy atom. The van der Waals surface area contributed by atoms with Crippen molar-refractivity contribution in [3.63, 3.8) is 0 Å². The lowest BCUT2D eigenvalue weighted by Crippen LogP contribution is -2.54. The van der Waals surface area contributed by atoms with E-state index in [4.69, 9.17) is 5.73 Å². The van der Waals surface area contributed by atoms with Crippen LogP contribution in [-0.4, -0.2) is 5.54 Å². The van der Waals surface area contributed by atoms with Gasteiger partial charge in [-0.25, -0.2) is 0 Å². The van der Waals surface area contributed by atoms with E-state index >= 15 is 0 Å². The van der Waals surface area contributed by atoms with Gasteiger partial charge in [-0.15, -0.1) is 0 Å². The molecule has 1 aromatic rings.